The number of benzene rings is 2. The van der Waals surface area contributed by atoms with Crippen molar-refractivity contribution in [1.29, 1.82) is 0 Å². The average Bonchev–Trinajstić information content (AvgIpc) is 2.61. The van der Waals surface area contributed by atoms with Crippen LogP contribution in [0.5, 0.6) is 5.75 Å². The smallest absolute Gasteiger partial charge is 0.180 e. The summed E-state index contributed by atoms with van der Waals surface area (Å²) in [4.78, 5) is 2.42. The largest absolute Gasteiger partial charge is 0.497 e. The van der Waals surface area contributed by atoms with Gasteiger partial charge >= 0.3 is 0 Å². The Labute approximate surface area is 131 Å². The van der Waals surface area contributed by atoms with Crippen LogP contribution in [0, 0.1) is 5.92 Å². The van der Waals surface area contributed by atoms with Crippen LogP contribution in [0.4, 0.5) is 11.4 Å². The van der Waals surface area contributed by atoms with Crippen molar-refractivity contribution in [2.45, 2.75) is 11.8 Å². The predicted octanol–water partition coefficient (Wildman–Crippen LogP) is 3.26. The van der Waals surface area contributed by atoms with E-state index in [1.807, 2.05) is 43.3 Å². The maximum Gasteiger partial charge on any atom is 0.180 e. The minimum atomic E-state index is -3.32. The highest BCUT2D eigenvalue weighted by Crippen LogP contribution is 2.38. The van der Waals surface area contributed by atoms with E-state index in [0.29, 0.717) is 17.2 Å². The van der Waals surface area contributed by atoms with Crippen molar-refractivity contribution in [3.05, 3.63) is 48.5 Å². The summed E-state index contributed by atoms with van der Waals surface area (Å²) >= 11 is 0. The van der Waals surface area contributed by atoms with Gasteiger partial charge in [0, 0.05) is 18.3 Å². The molecule has 0 amide bonds. The summed E-state index contributed by atoms with van der Waals surface area (Å²) in [6.07, 6.45) is 0. The zero-order valence-electron chi connectivity index (χ0n) is 12.7. The van der Waals surface area contributed by atoms with Crippen molar-refractivity contribution in [2.24, 2.45) is 5.92 Å². The second kappa shape index (κ2) is 5.65. The molecular formula is C17H19NO3S. The van der Waals surface area contributed by atoms with E-state index in [1.54, 1.807) is 19.2 Å². The van der Waals surface area contributed by atoms with E-state index in [9.17, 15) is 8.42 Å². The van der Waals surface area contributed by atoms with Gasteiger partial charge in [-0.15, -0.1) is 0 Å². The lowest BCUT2D eigenvalue weighted by atomic mass is 10.1. The molecule has 0 saturated heterocycles. The summed E-state index contributed by atoms with van der Waals surface area (Å²) in [6, 6.07) is 15.1. The highest BCUT2D eigenvalue weighted by molar-refractivity contribution is 7.91. The number of nitrogens with zero attached hydrogens (tertiary/aromatic N) is 1. The van der Waals surface area contributed by atoms with Gasteiger partial charge in [-0.3, -0.25) is 0 Å². The molecule has 4 nitrogen and oxygen atoms in total. The minimum absolute atomic E-state index is 0.0450. The van der Waals surface area contributed by atoms with Gasteiger partial charge in [0.25, 0.3) is 0 Å². The number of anilines is 2. The molecule has 0 radical (unpaired) electrons. The molecule has 0 N–H and O–H groups in total. The van der Waals surface area contributed by atoms with Crippen molar-refractivity contribution < 1.29 is 13.2 Å². The molecule has 0 bridgehead atoms. The summed E-state index contributed by atoms with van der Waals surface area (Å²) in [5.74, 6) is 0.754. The van der Waals surface area contributed by atoms with Gasteiger partial charge in [-0.1, -0.05) is 25.1 Å². The monoisotopic (exact) mass is 317 g/mol. The summed E-state index contributed by atoms with van der Waals surface area (Å²) < 4.78 is 30.5. The SMILES string of the molecule is COc1ccc2c(c1)S(=O)(=O)CC(C)CN2c1ccccc1. The van der Waals surface area contributed by atoms with E-state index in [2.05, 4.69) is 4.90 Å². The van der Waals surface area contributed by atoms with Gasteiger partial charge in [0.1, 0.15) is 5.75 Å². The Morgan fingerprint density at radius 2 is 1.86 bits per heavy atom. The van der Waals surface area contributed by atoms with Gasteiger partial charge in [0.15, 0.2) is 9.84 Å². The highest BCUT2D eigenvalue weighted by atomic mass is 32.2. The zero-order chi connectivity index (χ0) is 15.7. The number of methoxy groups -OCH3 is 1. The molecule has 1 aliphatic rings. The normalized spacial score (nSPS) is 20.1. The van der Waals surface area contributed by atoms with Gasteiger partial charge in [-0.25, -0.2) is 8.42 Å². The second-order valence-electron chi connectivity index (χ2n) is 5.67. The van der Waals surface area contributed by atoms with E-state index in [-0.39, 0.29) is 11.7 Å². The maximum absolute atomic E-state index is 12.7. The molecule has 0 spiro atoms. The molecule has 0 fully saturated rings. The van der Waals surface area contributed by atoms with Gasteiger partial charge < -0.3 is 9.64 Å². The Hall–Kier alpha value is -2.01. The average molecular weight is 317 g/mol. The van der Waals surface area contributed by atoms with Crippen LogP contribution in [-0.2, 0) is 9.84 Å². The Bertz CT molecular complexity index is 772. The number of hydrogen-bond donors (Lipinski definition) is 0. The molecule has 5 heteroatoms. The van der Waals surface area contributed by atoms with Gasteiger partial charge in [0.2, 0.25) is 0 Å². The fraction of sp³-hybridized carbons (Fsp3) is 0.294. The Kier molecular flexibility index (Phi) is 3.83. The predicted molar refractivity (Wildman–Crippen MR) is 87.7 cm³/mol. The summed E-state index contributed by atoms with van der Waals surface area (Å²) in [5, 5.41) is 0. The van der Waals surface area contributed by atoms with Crippen LogP contribution in [-0.4, -0.2) is 27.8 Å². The maximum atomic E-state index is 12.7. The Balaban J connectivity index is 2.21. The Morgan fingerprint density at radius 3 is 2.55 bits per heavy atom. The quantitative estimate of drug-likeness (QED) is 0.853. The molecule has 0 saturated carbocycles. The molecule has 22 heavy (non-hydrogen) atoms. The molecule has 1 aliphatic heterocycles. The number of para-hydroxylation sites is 1. The molecular weight excluding hydrogens is 298 g/mol. The van der Waals surface area contributed by atoms with Gasteiger partial charge in [-0.05, 0) is 30.2 Å². The molecule has 1 unspecified atom stereocenters. The van der Waals surface area contributed by atoms with Crippen LogP contribution >= 0.6 is 0 Å². The van der Waals surface area contributed by atoms with Gasteiger partial charge in [-0.2, -0.15) is 0 Å². The fourth-order valence-electron chi connectivity index (χ4n) is 2.87. The molecule has 1 heterocycles. The van der Waals surface area contributed by atoms with Crippen LogP contribution in [0.15, 0.2) is 53.4 Å². The van der Waals surface area contributed by atoms with Crippen LogP contribution in [0.3, 0.4) is 0 Å². The number of ether oxygens (including phenoxy) is 1. The van der Waals surface area contributed by atoms with E-state index in [4.69, 9.17) is 4.74 Å². The number of rotatable bonds is 2. The van der Waals surface area contributed by atoms with Crippen LogP contribution in [0.25, 0.3) is 0 Å². The van der Waals surface area contributed by atoms with E-state index in [0.717, 1.165) is 11.4 Å². The molecule has 0 aliphatic carbocycles. The standard InChI is InChI=1S/C17H19NO3S/c1-13-11-18(14-6-4-3-5-7-14)16-9-8-15(21-2)10-17(16)22(19,20)12-13/h3-10,13H,11-12H2,1-2H3. The highest BCUT2D eigenvalue weighted by Gasteiger charge is 2.30. The molecule has 3 rings (SSSR count). The van der Waals surface area contributed by atoms with Crippen molar-refractivity contribution in [3.8, 4) is 5.75 Å². The lowest BCUT2D eigenvalue weighted by Gasteiger charge is -2.26. The zero-order valence-corrected chi connectivity index (χ0v) is 13.5. The van der Waals surface area contributed by atoms with Crippen LogP contribution in [0.1, 0.15) is 6.92 Å². The first-order valence-corrected chi connectivity index (χ1v) is 8.90. The van der Waals surface area contributed by atoms with E-state index < -0.39 is 9.84 Å². The van der Waals surface area contributed by atoms with Gasteiger partial charge in [0.05, 0.1) is 23.4 Å². The number of fused-ring (bicyclic) bond motifs is 1. The first kappa shape index (κ1) is 14.9. The fourth-order valence-corrected chi connectivity index (χ4v) is 4.70. The van der Waals surface area contributed by atoms with Crippen molar-refractivity contribution >= 4 is 21.2 Å². The molecule has 116 valence electrons. The summed E-state index contributed by atoms with van der Waals surface area (Å²) in [6.45, 7) is 2.64. The molecule has 0 aromatic heterocycles. The lowest BCUT2D eigenvalue weighted by molar-refractivity contribution is 0.413. The summed E-state index contributed by atoms with van der Waals surface area (Å²) in [5.41, 5.74) is 1.72. The Morgan fingerprint density at radius 1 is 1.14 bits per heavy atom. The van der Waals surface area contributed by atoms with Crippen LogP contribution in [0.2, 0.25) is 0 Å². The number of hydrogen-bond acceptors (Lipinski definition) is 4. The van der Waals surface area contributed by atoms with Crippen molar-refractivity contribution in [1.82, 2.24) is 0 Å². The topological polar surface area (TPSA) is 46.6 Å². The first-order chi connectivity index (χ1) is 10.5. The third kappa shape index (κ3) is 2.68. The molecule has 1 atom stereocenters. The van der Waals surface area contributed by atoms with Crippen LogP contribution < -0.4 is 9.64 Å². The minimum Gasteiger partial charge on any atom is -0.497 e. The third-order valence-electron chi connectivity index (χ3n) is 3.86. The third-order valence-corrected chi connectivity index (χ3v) is 5.86. The van der Waals surface area contributed by atoms with Crippen molar-refractivity contribution in [3.63, 3.8) is 0 Å². The van der Waals surface area contributed by atoms with E-state index in [1.165, 1.54) is 0 Å². The van der Waals surface area contributed by atoms with E-state index >= 15 is 0 Å². The molecule has 2 aromatic carbocycles. The second-order valence-corrected chi connectivity index (χ2v) is 7.67. The lowest BCUT2D eigenvalue weighted by Crippen LogP contribution is -2.23. The number of sulfone groups is 1. The van der Waals surface area contributed by atoms with Crippen molar-refractivity contribution in [2.75, 3.05) is 24.3 Å². The summed E-state index contributed by atoms with van der Waals surface area (Å²) in [7, 11) is -1.78. The molecule has 2 aromatic rings. The first-order valence-electron chi connectivity index (χ1n) is 7.24.